The van der Waals surface area contributed by atoms with Crippen molar-refractivity contribution in [2.75, 3.05) is 11.9 Å². The molecular formula is C14H15F3N2O. The van der Waals surface area contributed by atoms with Crippen LogP contribution < -0.4 is 5.32 Å². The highest BCUT2D eigenvalue weighted by Gasteiger charge is 2.34. The highest BCUT2D eigenvalue weighted by Crippen LogP contribution is 2.36. The van der Waals surface area contributed by atoms with Crippen LogP contribution in [0.5, 0.6) is 0 Å². The number of hydrogen-bond donors (Lipinski definition) is 1. The molecule has 0 aromatic heterocycles. The molecule has 3 nitrogen and oxygen atoms in total. The van der Waals surface area contributed by atoms with Crippen LogP contribution in [0.15, 0.2) is 18.2 Å². The molecule has 1 fully saturated rings. The molecular weight excluding hydrogens is 269 g/mol. The van der Waals surface area contributed by atoms with Crippen molar-refractivity contribution >= 4 is 5.69 Å². The lowest BCUT2D eigenvalue weighted by molar-refractivity contribution is -0.137. The van der Waals surface area contributed by atoms with Crippen molar-refractivity contribution in [3.8, 4) is 6.07 Å². The predicted octanol–water partition coefficient (Wildman–Crippen LogP) is 3.56. The van der Waals surface area contributed by atoms with E-state index in [4.69, 9.17) is 10.00 Å². The summed E-state index contributed by atoms with van der Waals surface area (Å²) >= 11 is 0. The van der Waals surface area contributed by atoms with Gasteiger partial charge in [-0.2, -0.15) is 18.4 Å². The topological polar surface area (TPSA) is 45.0 Å². The number of alkyl halides is 3. The van der Waals surface area contributed by atoms with E-state index in [1.807, 2.05) is 13.0 Å². The Morgan fingerprint density at radius 3 is 2.75 bits per heavy atom. The summed E-state index contributed by atoms with van der Waals surface area (Å²) in [5.41, 5.74) is -0.563. The van der Waals surface area contributed by atoms with E-state index in [1.165, 1.54) is 12.1 Å². The molecule has 108 valence electrons. The minimum atomic E-state index is -4.44. The number of anilines is 1. The van der Waals surface area contributed by atoms with Gasteiger partial charge in [-0.25, -0.2) is 0 Å². The van der Waals surface area contributed by atoms with Crippen molar-refractivity contribution in [1.29, 1.82) is 5.26 Å². The lowest BCUT2D eigenvalue weighted by Crippen LogP contribution is -2.33. The van der Waals surface area contributed by atoms with Crippen LogP contribution in [0.25, 0.3) is 0 Å². The van der Waals surface area contributed by atoms with E-state index in [0.717, 1.165) is 6.07 Å². The van der Waals surface area contributed by atoms with Crippen molar-refractivity contribution in [2.45, 2.75) is 38.1 Å². The van der Waals surface area contributed by atoms with E-state index in [-0.39, 0.29) is 23.4 Å². The van der Waals surface area contributed by atoms with Gasteiger partial charge in [0, 0.05) is 18.3 Å². The normalized spacial score (nSPS) is 23.1. The van der Waals surface area contributed by atoms with Gasteiger partial charge in [-0.1, -0.05) is 0 Å². The third-order valence-corrected chi connectivity index (χ3v) is 3.30. The zero-order chi connectivity index (χ0) is 14.8. The Labute approximate surface area is 115 Å². The quantitative estimate of drug-likeness (QED) is 0.903. The maximum absolute atomic E-state index is 13.0. The lowest BCUT2D eigenvalue weighted by atomic mass is 10.0. The number of ether oxygens (including phenoxy) is 1. The number of halogens is 3. The van der Waals surface area contributed by atoms with E-state index < -0.39 is 11.7 Å². The van der Waals surface area contributed by atoms with Gasteiger partial charge in [0.05, 0.1) is 23.3 Å². The smallest absolute Gasteiger partial charge is 0.382 e. The number of benzene rings is 1. The van der Waals surface area contributed by atoms with Crippen LogP contribution in [0.1, 0.15) is 30.9 Å². The van der Waals surface area contributed by atoms with Gasteiger partial charge in [-0.05, 0) is 38.0 Å². The summed E-state index contributed by atoms with van der Waals surface area (Å²) in [6, 6.07) is 5.17. The van der Waals surface area contributed by atoms with Gasteiger partial charge >= 0.3 is 6.18 Å². The molecule has 0 bridgehead atoms. The Kier molecular flexibility index (Phi) is 4.19. The Bertz CT molecular complexity index is 522. The molecule has 1 aromatic rings. The zero-order valence-corrected chi connectivity index (χ0v) is 11.0. The Balaban J connectivity index is 2.26. The molecule has 0 spiro atoms. The van der Waals surface area contributed by atoms with E-state index >= 15 is 0 Å². The summed E-state index contributed by atoms with van der Waals surface area (Å²) in [5, 5.41) is 11.7. The molecule has 1 aromatic carbocycles. The maximum Gasteiger partial charge on any atom is 0.418 e. The first-order valence-corrected chi connectivity index (χ1v) is 6.39. The minimum Gasteiger partial charge on any atom is -0.382 e. The van der Waals surface area contributed by atoms with E-state index in [1.54, 1.807) is 0 Å². The molecule has 0 unspecified atom stereocenters. The highest BCUT2D eigenvalue weighted by atomic mass is 19.4. The number of rotatable bonds is 2. The molecule has 0 aliphatic carbocycles. The van der Waals surface area contributed by atoms with Crippen molar-refractivity contribution in [3.05, 3.63) is 29.3 Å². The Morgan fingerprint density at radius 1 is 1.40 bits per heavy atom. The second-order valence-corrected chi connectivity index (χ2v) is 4.92. The molecule has 6 heteroatoms. The number of nitriles is 1. The molecule has 2 atom stereocenters. The van der Waals surface area contributed by atoms with Crippen LogP contribution in [-0.4, -0.2) is 18.8 Å². The van der Waals surface area contributed by atoms with Crippen molar-refractivity contribution in [1.82, 2.24) is 0 Å². The van der Waals surface area contributed by atoms with Crippen LogP contribution in [0.2, 0.25) is 0 Å². The van der Waals surface area contributed by atoms with E-state index in [9.17, 15) is 13.2 Å². The van der Waals surface area contributed by atoms with Crippen LogP contribution in [0.3, 0.4) is 0 Å². The molecule has 0 radical (unpaired) electrons. The fourth-order valence-corrected chi connectivity index (χ4v) is 2.33. The fraction of sp³-hybridized carbons (Fsp3) is 0.500. The molecule has 1 saturated heterocycles. The van der Waals surface area contributed by atoms with Gasteiger partial charge in [0.1, 0.15) is 0 Å². The van der Waals surface area contributed by atoms with Gasteiger partial charge in [0.25, 0.3) is 0 Å². The largest absolute Gasteiger partial charge is 0.418 e. The van der Waals surface area contributed by atoms with Crippen LogP contribution in [-0.2, 0) is 10.9 Å². The minimum absolute atomic E-state index is 0.0229. The van der Waals surface area contributed by atoms with Crippen LogP contribution in [0, 0.1) is 11.3 Å². The summed E-state index contributed by atoms with van der Waals surface area (Å²) in [7, 11) is 0. The Morgan fingerprint density at radius 2 is 2.15 bits per heavy atom. The van der Waals surface area contributed by atoms with Crippen molar-refractivity contribution < 1.29 is 17.9 Å². The fourth-order valence-electron chi connectivity index (χ4n) is 2.33. The SMILES string of the molecule is C[C@@H]1C[C@H](Nc2cc(C#N)ccc2C(F)(F)F)CCO1. The van der Waals surface area contributed by atoms with Gasteiger partial charge in [-0.15, -0.1) is 0 Å². The molecule has 20 heavy (non-hydrogen) atoms. The number of nitrogens with zero attached hydrogens (tertiary/aromatic N) is 1. The van der Waals surface area contributed by atoms with Crippen molar-refractivity contribution in [3.63, 3.8) is 0 Å². The van der Waals surface area contributed by atoms with Gasteiger partial charge in [0.2, 0.25) is 0 Å². The second-order valence-electron chi connectivity index (χ2n) is 4.92. The third kappa shape index (κ3) is 3.42. The maximum atomic E-state index is 13.0. The summed E-state index contributed by atoms with van der Waals surface area (Å²) in [5.74, 6) is 0. The average Bonchev–Trinajstić information content (AvgIpc) is 2.37. The molecule has 1 N–H and O–H groups in total. The van der Waals surface area contributed by atoms with Gasteiger partial charge < -0.3 is 10.1 Å². The van der Waals surface area contributed by atoms with Crippen molar-refractivity contribution in [2.24, 2.45) is 0 Å². The Hall–Kier alpha value is -1.74. The molecule has 1 aliphatic rings. The molecule has 1 aliphatic heterocycles. The monoisotopic (exact) mass is 284 g/mol. The summed E-state index contributed by atoms with van der Waals surface area (Å²) < 4.78 is 44.3. The average molecular weight is 284 g/mol. The van der Waals surface area contributed by atoms with Gasteiger partial charge in [0.15, 0.2) is 0 Å². The molecule has 2 rings (SSSR count). The summed E-state index contributed by atoms with van der Waals surface area (Å²) in [6.45, 7) is 2.42. The first-order valence-electron chi connectivity index (χ1n) is 6.39. The van der Waals surface area contributed by atoms with Crippen LogP contribution >= 0.6 is 0 Å². The van der Waals surface area contributed by atoms with Gasteiger partial charge in [-0.3, -0.25) is 0 Å². The first kappa shape index (κ1) is 14.7. The molecule has 1 heterocycles. The molecule has 0 saturated carbocycles. The molecule has 0 amide bonds. The summed E-state index contributed by atoms with van der Waals surface area (Å²) in [6.07, 6.45) is -3.12. The number of nitrogens with one attached hydrogen (secondary N) is 1. The van der Waals surface area contributed by atoms with Crippen LogP contribution in [0.4, 0.5) is 18.9 Å². The standard InChI is InChI=1S/C14H15F3N2O/c1-9-6-11(4-5-20-9)19-13-7-10(8-18)2-3-12(13)14(15,16)17/h2-3,7,9,11,19H,4-6H2,1H3/t9-,11-/m1/s1. The van der Waals surface area contributed by atoms with E-state index in [2.05, 4.69) is 5.32 Å². The summed E-state index contributed by atoms with van der Waals surface area (Å²) in [4.78, 5) is 0. The lowest BCUT2D eigenvalue weighted by Gasteiger charge is -2.29. The highest BCUT2D eigenvalue weighted by molar-refractivity contribution is 5.57. The number of hydrogen-bond acceptors (Lipinski definition) is 3. The zero-order valence-electron chi connectivity index (χ0n) is 11.0. The predicted molar refractivity (Wildman–Crippen MR) is 68.2 cm³/mol. The van der Waals surface area contributed by atoms with E-state index in [0.29, 0.717) is 19.4 Å². The first-order chi connectivity index (χ1) is 9.40. The third-order valence-electron chi connectivity index (χ3n) is 3.30. The second kappa shape index (κ2) is 5.71.